The molecular weight excluding hydrogens is 358 g/mol. The minimum absolute atomic E-state index is 0.0680. The highest BCUT2D eigenvalue weighted by atomic mass is 16.1. The molecule has 0 atom stereocenters. The van der Waals surface area contributed by atoms with Crippen molar-refractivity contribution in [3.8, 4) is 12.3 Å². The highest BCUT2D eigenvalue weighted by Gasteiger charge is 2.07. The predicted molar refractivity (Wildman–Crippen MR) is 118 cm³/mol. The number of aryl methyl sites for hydroxylation is 1. The number of rotatable bonds is 6. The number of ketones is 1. The van der Waals surface area contributed by atoms with Crippen LogP contribution in [0.2, 0.25) is 0 Å². The third-order valence-electron chi connectivity index (χ3n) is 4.42. The van der Waals surface area contributed by atoms with Gasteiger partial charge in [0, 0.05) is 23.6 Å². The van der Waals surface area contributed by atoms with Crippen LogP contribution in [0.4, 0.5) is 5.69 Å². The van der Waals surface area contributed by atoms with E-state index in [1.165, 1.54) is 6.08 Å². The van der Waals surface area contributed by atoms with Gasteiger partial charge in [-0.15, -0.1) is 6.42 Å². The normalized spacial score (nSPS) is 10.5. The average Bonchev–Trinajstić information content (AvgIpc) is 2.73. The minimum Gasteiger partial charge on any atom is -0.321 e. The zero-order chi connectivity index (χ0) is 20.6. The molecule has 0 aliphatic rings. The molecule has 0 radical (unpaired) electrons. The van der Waals surface area contributed by atoms with Crippen LogP contribution in [0.3, 0.4) is 0 Å². The Kier molecular flexibility index (Phi) is 6.40. The summed E-state index contributed by atoms with van der Waals surface area (Å²) >= 11 is 0. The molecule has 29 heavy (non-hydrogen) atoms. The summed E-state index contributed by atoms with van der Waals surface area (Å²) in [4.78, 5) is 24.7. The van der Waals surface area contributed by atoms with Crippen LogP contribution in [0.5, 0.6) is 0 Å². The molecule has 0 unspecified atom stereocenters. The van der Waals surface area contributed by atoms with Gasteiger partial charge in [0.05, 0.1) is 5.69 Å². The highest BCUT2D eigenvalue weighted by molar-refractivity contribution is 6.02. The summed E-state index contributed by atoms with van der Waals surface area (Å²) in [7, 11) is 0. The van der Waals surface area contributed by atoms with Gasteiger partial charge in [-0.2, -0.15) is 0 Å². The van der Waals surface area contributed by atoms with Gasteiger partial charge in [0.25, 0.3) is 0 Å². The maximum absolute atomic E-state index is 12.5. The van der Waals surface area contributed by atoms with Crippen LogP contribution in [0.15, 0.2) is 78.9 Å². The van der Waals surface area contributed by atoms with Crippen LogP contribution < -0.4 is 5.32 Å². The molecule has 1 N–H and O–H groups in total. The van der Waals surface area contributed by atoms with Gasteiger partial charge in [-0.1, -0.05) is 66.1 Å². The fourth-order valence-corrected chi connectivity index (χ4v) is 2.98. The average molecular weight is 379 g/mol. The molecule has 0 spiro atoms. The summed E-state index contributed by atoms with van der Waals surface area (Å²) in [5.41, 5.74) is 4.74. The van der Waals surface area contributed by atoms with Crippen molar-refractivity contribution in [2.24, 2.45) is 0 Å². The van der Waals surface area contributed by atoms with Crippen LogP contribution in [-0.4, -0.2) is 11.7 Å². The van der Waals surface area contributed by atoms with E-state index in [-0.39, 0.29) is 11.7 Å². The highest BCUT2D eigenvalue weighted by Crippen LogP contribution is 2.15. The number of hydrogen-bond acceptors (Lipinski definition) is 2. The first-order valence-electron chi connectivity index (χ1n) is 9.28. The molecule has 0 aromatic heterocycles. The Morgan fingerprint density at radius 1 is 1.00 bits per heavy atom. The van der Waals surface area contributed by atoms with Crippen molar-refractivity contribution in [3.05, 3.63) is 107 Å². The standard InChI is InChI=1S/C26H21NO2/c1-3-22-11-4-5-13-24(22)27-26(29)15-14-20-9-7-10-21(17-20)18-25(28)23-12-6-8-19(2)16-23/h1,4-17H,18H2,2H3,(H,27,29)/b15-14+. The van der Waals surface area contributed by atoms with Gasteiger partial charge in [0.15, 0.2) is 5.78 Å². The van der Waals surface area contributed by atoms with E-state index < -0.39 is 0 Å². The van der Waals surface area contributed by atoms with Crippen LogP contribution >= 0.6 is 0 Å². The van der Waals surface area contributed by atoms with Crippen LogP contribution in [-0.2, 0) is 11.2 Å². The van der Waals surface area contributed by atoms with Crippen molar-refractivity contribution in [2.45, 2.75) is 13.3 Å². The smallest absolute Gasteiger partial charge is 0.248 e. The lowest BCUT2D eigenvalue weighted by atomic mass is 10.00. The molecule has 3 nitrogen and oxygen atoms in total. The Bertz CT molecular complexity index is 1120. The van der Waals surface area contributed by atoms with Gasteiger partial charge in [-0.3, -0.25) is 9.59 Å². The Labute approximate surface area is 171 Å². The second-order valence-electron chi connectivity index (χ2n) is 6.73. The number of amides is 1. The van der Waals surface area contributed by atoms with Gasteiger partial charge < -0.3 is 5.32 Å². The first-order chi connectivity index (χ1) is 14.0. The number of hydrogen-bond donors (Lipinski definition) is 1. The Hall–Kier alpha value is -3.90. The van der Waals surface area contributed by atoms with Crippen molar-refractivity contribution in [1.29, 1.82) is 0 Å². The number of terminal acetylenes is 1. The largest absolute Gasteiger partial charge is 0.321 e. The molecule has 0 saturated heterocycles. The molecule has 3 heteroatoms. The van der Waals surface area contributed by atoms with E-state index in [0.29, 0.717) is 23.2 Å². The predicted octanol–water partition coefficient (Wildman–Crippen LogP) is 5.05. The number of anilines is 1. The van der Waals surface area contributed by atoms with Crippen molar-refractivity contribution in [1.82, 2.24) is 0 Å². The fourth-order valence-electron chi connectivity index (χ4n) is 2.98. The van der Waals surface area contributed by atoms with E-state index in [0.717, 1.165) is 16.7 Å². The van der Waals surface area contributed by atoms with Crippen molar-refractivity contribution < 1.29 is 9.59 Å². The van der Waals surface area contributed by atoms with Crippen LogP contribution in [0.1, 0.15) is 32.6 Å². The van der Waals surface area contributed by atoms with Gasteiger partial charge in [-0.25, -0.2) is 0 Å². The fraction of sp³-hybridized carbons (Fsp3) is 0.0769. The first-order valence-corrected chi connectivity index (χ1v) is 9.28. The second-order valence-corrected chi connectivity index (χ2v) is 6.73. The first kappa shape index (κ1) is 19.9. The molecule has 3 aromatic carbocycles. The van der Waals surface area contributed by atoms with Gasteiger partial charge in [-0.05, 0) is 42.3 Å². The molecule has 0 saturated carbocycles. The monoisotopic (exact) mass is 379 g/mol. The van der Waals surface area contributed by atoms with E-state index >= 15 is 0 Å². The summed E-state index contributed by atoms with van der Waals surface area (Å²) < 4.78 is 0. The number of para-hydroxylation sites is 1. The maximum atomic E-state index is 12.5. The van der Waals surface area contributed by atoms with E-state index in [2.05, 4.69) is 11.2 Å². The van der Waals surface area contributed by atoms with Crippen molar-refractivity contribution >= 4 is 23.5 Å². The quantitative estimate of drug-likeness (QED) is 0.370. The zero-order valence-corrected chi connectivity index (χ0v) is 16.2. The molecule has 0 aliphatic carbocycles. The molecule has 0 heterocycles. The van der Waals surface area contributed by atoms with E-state index in [9.17, 15) is 9.59 Å². The van der Waals surface area contributed by atoms with Crippen molar-refractivity contribution in [2.75, 3.05) is 5.32 Å². The molecule has 0 aliphatic heterocycles. The third kappa shape index (κ3) is 5.54. The Morgan fingerprint density at radius 3 is 2.59 bits per heavy atom. The minimum atomic E-state index is -0.269. The number of carbonyl (C=O) groups is 2. The Morgan fingerprint density at radius 2 is 1.79 bits per heavy atom. The van der Waals surface area contributed by atoms with E-state index in [1.807, 2.05) is 67.6 Å². The summed E-state index contributed by atoms with van der Waals surface area (Å²) in [6, 6.07) is 22.3. The van der Waals surface area contributed by atoms with Crippen LogP contribution in [0.25, 0.3) is 6.08 Å². The lowest BCUT2D eigenvalue weighted by Crippen LogP contribution is -2.09. The SMILES string of the molecule is C#Cc1ccccc1NC(=O)/C=C/c1cccc(CC(=O)c2cccc(C)c2)c1. The van der Waals surface area contributed by atoms with Gasteiger partial charge in [0.1, 0.15) is 0 Å². The van der Waals surface area contributed by atoms with Gasteiger partial charge >= 0.3 is 0 Å². The molecule has 0 fully saturated rings. The summed E-state index contributed by atoms with van der Waals surface area (Å²) in [6.45, 7) is 1.97. The molecule has 0 bridgehead atoms. The lowest BCUT2D eigenvalue weighted by molar-refractivity contribution is -0.111. The van der Waals surface area contributed by atoms with Crippen LogP contribution in [0, 0.1) is 19.3 Å². The molecule has 1 amide bonds. The van der Waals surface area contributed by atoms with Crippen molar-refractivity contribution in [3.63, 3.8) is 0 Å². The molecule has 3 rings (SSSR count). The topological polar surface area (TPSA) is 46.2 Å². The summed E-state index contributed by atoms with van der Waals surface area (Å²) in [6.07, 6.45) is 8.93. The number of Topliss-reactive ketones (excluding diaryl/α,β-unsaturated/α-hetero) is 1. The molecule has 3 aromatic rings. The zero-order valence-electron chi connectivity index (χ0n) is 16.2. The molecular formula is C26H21NO2. The third-order valence-corrected chi connectivity index (χ3v) is 4.42. The van der Waals surface area contributed by atoms with E-state index in [1.54, 1.807) is 18.2 Å². The second kappa shape index (κ2) is 9.34. The van der Waals surface area contributed by atoms with E-state index in [4.69, 9.17) is 6.42 Å². The van der Waals surface area contributed by atoms with Gasteiger partial charge in [0.2, 0.25) is 5.91 Å². The number of carbonyl (C=O) groups excluding carboxylic acids is 2. The summed E-state index contributed by atoms with van der Waals surface area (Å²) in [5, 5.41) is 2.78. The Balaban J connectivity index is 1.67. The number of benzene rings is 3. The molecule has 142 valence electrons. The number of nitrogens with one attached hydrogen (secondary N) is 1. The summed E-state index contributed by atoms with van der Waals surface area (Å²) in [5.74, 6) is 2.35. The maximum Gasteiger partial charge on any atom is 0.248 e. The lowest BCUT2D eigenvalue weighted by Gasteiger charge is -2.05.